The predicted octanol–water partition coefficient (Wildman–Crippen LogP) is 1.64. The van der Waals surface area contributed by atoms with Crippen LogP contribution < -0.4 is 0 Å². The highest BCUT2D eigenvalue weighted by atomic mass is 35.5. The maximum Gasteiger partial charge on any atom is 0.222 e. The van der Waals surface area contributed by atoms with E-state index in [0.717, 1.165) is 19.4 Å². The van der Waals surface area contributed by atoms with Gasteiger partial charge in [0.2, 0.25) is 5.91 Å². The molecule has 0 bridgehead atoms. The largest absolute Gasteiger partial charge is 0.377 e. The number of amides is 1. The molecule has 1 aliphatic rings. The monoisotopic (exact) mass is 219 g/mol. The first-order chi connectivity index (χ1) is 6.75. The minimum atomic E-state index is 0.229. The van der Waals surface area contributed by atoms with E-state index < -0.39 is 0 Å². The fourth-order valence-electron chi connectivity index (χ4n) is 1.61. The van der Waals surface area contributed by atoms with Crippen molar-refractivity contribution in [3.05, 3.63) is 0 Å². The van der Waals surface area contributed by atoms with Gasteiger partial charge >= 0.3 is 0 Å². The second kappa shape index (κ2) is 6.25. The lowest BCUT2D eigenvalue weighted by atomic mass is 10.2. The highest BCUT2D eigenvalue weighted by Crippen LogP contribution is 2.10. The van der Waals surface area contributed by atoms with Crippen LogP contribution in [0.4, 0.5) is 0 Å². The molecular formula is C10H18ClNO2. The van der Waals surface area contributed by atoms with Gasteiger partial charge in [-0.15, -0.1) is 11.6 Å². The van der Waals surface area contributed by atoms with E-state index >= 15 is 0 Å². The first kappa shape index (κ1) is 11.8. The van der Waals surface area contributed by atoms with Gasteiger partial charge in [-0.05, 0) is 19.8 Å². The summed E-state index contributed by atoms with van der Waals surface area (Å²) < 4.78 is 5.27. The van der Waals surface area contributed by atoms with Gasteiger partial charge in [-0.1, -0.05) is 0 Å². The molecule has 1 rings (SSSR count). The predicted molar refractivity (Wildman–Crippen MR) is 56.6 cm³/mol. The Morgan fingerprint density at radius 1 is 1.57 bits per heavy atom. The molecule has 0 radical (unpaired) electrons. The molecule has 1 amide bonds. The number of unbranched alkanes of at least 4 members (excludes halogenated alkanes) is 1. The molecule has 1 atom stereocenters. The van der Waals surface area contributed by atoms with E-state index in [2.05, 4.69) is 0 Å². The van der Waals surface area contributed by atoms with Crippen LogP contribution in [0.5, 0.6) is 0 Å². The van der Waals surface area contributed by atoms with Crippen molar-refractivity contribution < 1.29 is 9.53 Å². The van der Waals surface area contributed by atoms with E-state index in [1.54, 1.807) is 0 Å². The quantitative estimate of drug-likeness (QED) is 0.532. The third-order valence-corrected chi connectivity index (χ3v) is 2.73. The third kappa shape index (κ3) is 3.46. The van der Waals surface area contributed by atoms with Crippen LogP contribution in [0.2, 0.25) is 0 Å². The summed E-state index contributed by atoms with van der Waals surface area (Å²) in [6, 6.07) is 0.229. The Hall–Kier alpha value is -0.280. The van der Waals surface area contributed by atoms with Gasteiger partial charge in [0.05, 0.1) is 19.3 Å². The smallest absolute Gasteiger partial charge is 0.222 e. The lowest BCUT2D eigenvalue weighted by molar-refractivity contribution is -0.139. The first-order valence-electron chi connectivity index (χ1n) is 5.19. The van der Waals surface area contributed by atoms with Crippen LogP contribution in [0.3, 0.4) is 0 Å². The van der Waals surface area contributed by atoms with Crippen molar-refractivity contribution in [3.63, 3.8) is 0 Å². The van der Waals surface area contributed by atoms with Crippen LogP contribution in [-0.4, -0.2) is 42.5 Å². The minimum absolute atomic E-state index is 0.229. The molecule has 0 aromatic heterocycles. The first-order valence-corrected chi connectivity index (χ1v) is 5.72. The van der Waals surface area contributed by atoms with Crippen molar-refractivity contribution in [2.45, 2.75) is 32.2 Å². The number of nitrogens with zero attached hydrogens (tertiary/aromatic N) is 1. The molecule has 82 valence electrons. The fourth-order valence-corrected chi connectivity index (χ4v) is 1.80. The summed E-state index contributed by atoms with van der Waals surface area (Å²) in [5, 5.41) is 0. The van der Waals surface area contributed by atoms with Crippen molar-refractivity contribution >= 4 is 17.5 Å². The maximum atomic E-state index is 11.7. The van der Waals surface area contributed by atoms with Crippen molar-refractivity contribution in [2.24, 2.45) is 0 Å². The number of ether oxygens (including phenoxy) is 1. The van der Waals surface area contributed by atoms with Gasteiger partial charge in [0.1, 0.15) is 0 Å². The Morgan fingerprint density at radius 3 is 3.00 bits per heavy atom. The van der Waals surface area contributed by atoms with E-state index in [1.165, 1.54) is 0 Å². The molecule has 1 saturated heterocycles. The zero-order valence-electron chi connectivity index (χ0n) is 8.67. The van der Waals surface area contributed by atoms with Gasteiger partial charge in [0.25, 0.3) is 0 Å². The highest BCUT2D eigenvalue weighted by molar-refractivity contribution is 6.17. The highest BCUT2D eigenvalue weighted by Gasteiger charge is 2.22. The van der Waals surface area contributed by atoms with Gasteiger partial charge in [-0.2, -0.15) is 0 Å². The summed E-state index contributed by atoms with van der Waals surface area (Å²) in [7, 11) is 0. The fraction of sp³-hybridized carbons (Fsp3) is 0.900. The number of rotatable bonds is 4. The summed E-state index contributed by atoms with van der Waals surface area (Å²) in [5.74, 6) is 0.886. The second-order valence-electron chi connectivity index (χ2n) is 3.66. The Kier molecular flexibility index (Phi) is 5.26. The molecule has 0 unspecified atom stereocenters. The van der Waals surface area contributed by atoms with Crippen molar-refractivity contribution in [2.75, 3.05) is 25.6 Å². The van der Waals surface area contributed by atoms with Gasteiger partial charge < -0.3 is 9.64 Å². The number of alkyl halides is 1. The number of hydrogen-bond donors (Lipinski definition) is 0. The Balaban J connectivity index is 2.27. The Bertz CT molecular complexity index is 187. The molecule has 0 aromatic carbocycles. The molecule has 0 saturated carbocycles. The number of hydrogen-bond acceptors (Lipinski definition) is 2. The van der Waals surface area contributed by atoms with Gasteiger partial charge in [-0.25, -0.2) is 0 Å². The number of morpholine rings is 1. The van der Waals surface area contributed by atoms with Crippen LogP contribution in [0.1, 0.15) is 26.2 Å². The molecule has 0 N–H and O–H groups in total. The average molecular weight is 220 g/mol. The van der Waals surface area contributed by atoms with E-state index in [1.807, 2.05) is 11.8 Å². The molecule has 1 heterocycles. The van der Waals surface area contributed by atoms with Gasteiger partial charge in [0, 0.05) is 18.8 Å². The van der Waals surface area contributed by atoms with Crippen LogP contribution in [0.25, 0.3) is 0 Å². The Morgan fingerprint density at radius 2 is 2.36 bits per heavy atom. The summed E-state index contributed by atoms with van der Waals surface area (Å²) in [6.07, 6.45) is 2.44. The second-order valence-corrected chi connectivity index (χ2v) is 4.04. The van der Waals surface area contributed by atoms with Gasteiger partial charge in [-0.3, -0.25) is 4.79 Å². The molecule has 14 heavy (non-hydrogen) atoms. The summed E-state index contributed by atoms with van der Waals surface area (Å²) in [6.45, 7) is 4.10. The summed E-state index contributed by atoms with van der Waals surface area (Å²) in [5.41, 5.74) is 0. The van der Waals surface area contributed by atoms with E-state index in [4.69, 9.17) is 16.3 Å². The molecule has 0 aliphatic carbocycles. The lowest BCUT2D eigenvalue weighted by Gasteiger charge is -2.33. The van der Waals surface area contributed by atoms with Crippen LogP contribution in [-0.2, 0) is 9.53 Å². The molecule has 0 aromatic rings. The molecule has 3 nitrogen and oxygen atoms in total. The van der Waals surface area contributed by atoms with E-state index in [-0.39, 0.29) is 11.9 Å². The molecule has 0 spiro atoms. The molecule has 1 fully saturated rings. The normalized spacial score (nSPS) is 22.4. The third-order valence-electron chi connectivity index (χ3n) is 2.46. The molecule has 4 heteroatoms. The molecule has 1 aliphatic heterocycles. The molecular weight excluding hydrogens is 202 g/mol. The standard InChI is InChI=1S/C10H18ClNO2/c1-9-8-14-7-6-12(9)10(13)4-2-3-5-11/h9H,2-8H2,1H3/t9-/m1/s1. The van der Waals surface area contributed by atoms with Crippen molar-refractivity contribution in [3.8, 4) is 0 Å². The zero-order valence-corrected chi connectivity index (χ0v) is 9.42. The Labute approximate surface area is 90.4 Å². The van der Waals surface area contributed by atoms with Crippen LogP contribution in [0, 0.1) is 0 Å². The van der Waals surface area contributed by atoms with Gasteiger partial charge in [0.15, 0.2) is 0 Å². The SMILES string of the molecule is C[C@@H]1COCCN1C(=O)CCCCCl. The van der Waals surface area contributed by atoms with Crippen LogP contribution >= 0.6 is 11.6 Å². The summed E-state index contributed by atoms with van der Waals surface area (Å²) >= 11 is 5.55. The summed E-state index contributed by atoms with van der Waals surface area (Å²) in [4.78, 5) is 13.6. The van der Waals surface area contributed by atoms with Crippen molar-refractivity contribution in [1.82, 2.24) is 4.90 Å². The van der Waals surface area contributed by atoms with E-state index in [0.29, 0.717) is 25.5 Å². The number of halogens is 1. The van der Waals surface area contributed by atoms with E-state index in [9.17, 15) is 4.79 Å². The van der Waals surface area contributed by atoms with Crippen molar-refractivity contribution in [1.29, 1.82) is 0 Å². The minimum Gasteiger partial charge on any atom is -0.377 e. The van der Waals surface area contributed by atoms with Crippen LogP contribution in [0.15, 0.2) is 0 Å². The topological polar surface area (TPSA) is 29.5 Å². The number of carbonyl (C=O) groups excluding carboxylic acids is 1. The zero-order chi connectivity index (χ0) is 10.4. The lowest BCUT2D eigenvalue weighted by Crippen LogP contribution is -2.47. The maximum absolute atomic E-state index is 11.7. The average Bonchev–Trinajstić information content (AvgIpc) is 2.18. The number of carbonyl (C=O) groups is 1.